The Balaban J connectivity index is 1.73. The molecule has 1 amide bonds. The average molecular weight is 331 g/mol. The lowest BCUT2D eigenvalue weighted by Gasteiger charge is -2.19. The van der Waals surface area contributed by atoms with Crippen LogP contribution < -0.4 is 5.32 Å². The van der Waals surface area contributed by atoms with E-state index in [-0.39, 0.29) is 24.3 Å². The zero-order valence-electron chi connectivity index (χ0n) is 13.5. The quantitative estimate of drug-likeness (QED) is 0.751. The van der Waals surface area contributed by atoms with Crippen LogP contribution in [0, 0.1) is 11.3 Å². The monoisotopic (exact) mass is 331 g/mol. The number of hydrogen-bond acceptors (Lipinski definition) is 4. The van der Waals surface area contributed by atoms with Gasteiger partial charge >= 0.3 is 0 Å². The van der Waals surface area contributed by atoms with Crippen molar-refractivity contribution in [3.05, 3.63) is 83.9 Å². The summed E-state index contributed by atoms with van der Waals surface area (Å²) in [5, 5.41) is 15.7. The molecule has 0 spiro atoms. The molecule has 25 heavy (non-hydrogen) atoms. The fraction of sp³-hybridized carbons (Fsp3) is 0.158. The van der Waals surface area contributed by atoms with E-state index in [1.165, 1.54) is 11.0 Å². The van der Waals surface area contributed by atoms with Crippen LogP contribution in [-0.4, -0.2) is 20.7 Å². The van der Waals surface area contributed by atoms with Crippen LogP contribution in [0.4, 0.5) is 0 Å². The van der Waals surface area contributed by atoms with Crippen LogP contribution in [-0.2, 0) is 17.8 Å². The van der Waals surface area contributed by atoms with E-state index >= 15 is 0 Å². The second kappa shape index (κ2) is 7.88. The number of carbonyl (C=O) groups is 1. The van der Waals surface area contributed by atoms with Crippen molar-refractivity contribution in [2.75, 3.05) is 0 Å². The molecule has 2 aromatic carbocycles. The van der Waals surface area contributed by atoms with E-state index in [4.69, 9.17) is 5.26 Å². The molecular formula is C19H17N5O. The molecule has 6 nitrogen and oxygen atoms in total. The lowest BCUT2D eigenvalue weighted by atomic mass is 9.99. The normalized spacial score (nSPS) is 11.5. The standard InChI is InChI=1S/C19H17N5O/c20-12-18-21-14-24(23-18)13-19(25)22-17(16-9-5-2-6-10-16)11-15-7-3-1-4-8-15/h1-10,14,17H,11,13H2,(H,22,25)/t17-/m0/s1. The molecule has 1 aromatic heterocycles. The molecule has 3 rings (SSSR count). The van der Waals surface area contributed by atoms with Crippen molar-refractivity contribution < 1.29 is 4.79 Å². The minimum absolute atomic E-state index is 0.0206. The van der Waals surface area contributed by atoms with E-state index in [9.17, 15) is 4.79 Å². The fourth-order valence-electron chi connectivity index (χ4n) is 2.60. The Morgan fingerprint density at radius 2 is 1.80 bits per heavy atom. The predicted octanol–water partition coefficient (Wildman–Crippen LogP) is 2.25. The topological polar surface area (TPSA) is 83.6 Å². The lowest BCUT2D eigenvalue weighted by molar-refractivity contribution is -0.122. The molecule has 0 radical (unpaired) electrons. The van der Waals surface area contributed by atoms with Gasteiger partial charge in [-0.3, -0.25) is 4.79 Å². The summed E-state index contributed by atoms with van der Waals surface area (Å²) in [4.78, 5) is 16.2. The van der Waals surface area contributed by atoms with E-state index in [1.54, 1.807) is 0 Å². The number of benzene rings is 2. The first kappa shape index (κ1) is 16.4. The molecule has 1 heterocycles. The van der Waals surface area contributed by atoms with E-state index in [1.807, 2.05) is 66.7 Å². The second-order valence-electron chi connectivity index (χ2n) is 5.60. The Morgan fingerprint density at radius 3 is 2.44 bits per heavy atom. The highest BCUT2D eigenvalue weighted by Crippen LogP contribution is 2.18. The van der Waals surface area contributed by atoms with Gasteiger partial charge < -0.3 is 5.32 Å². The SMILES string of the molecule is N#Cc1ncn(CC(=O)N[C@@H](Cc2ccccc2)c2ccccc2)n1. The van der Waals surface area contributed by atoms with Crippen LogP contribution in [0.2, 0.25) is 0 Å². The van der Waals surface area contributed by atoms with Gasteiger partial charge in [0.2, 0.25) is 5.91 Å². The number of nitriles is 1. The van der Waals surface area contributed by atoms with Gasteiger partial charge in [0.25, 0.3) is 5.82 Å². The summed E-state index contributed by atoms with van der Waals surface area (Å²) in [5.41, 5.74) is 2.18. The van der Waals surface area contributed by atoms with Crippen LogP contribution >= 0.6 is 0 Å². The minimum atomic E-state index is -0.181. The van der Waals surface area contributed by atoms with Crippen LogP contribution in [0.1, 0.15) is 23.0 Å². The van der Waals surface area contributed by atoms with Crippen LogP contribution in [0.5, 0.6) is 0 Å². The maximum atomic E-state index is 12.4. The fourth-order valence-corrected chi connectivity index (χ4v) is 2.60. The van der Waals surface area contributed by atoms with Gasteiger partial charge in [0, 0.05) is 0 Å². The summed E-state index contributed by atoms with van der Waals surface area (Å²) >= 11 is 0. The van der Waals surface area contributed by atoms with Gasteiger partial charge in [-0.25, -0.2) is 9.67 Å². The highest BCUT2D eigenvalue weighted by atomic mass is 16.2. The van der Waals surface area contributed by atoms with Gasteiger partial charge in [0.05, 0.1) is 6.04 Å². The highest BCUT2D eigenvalue weighted by molar-refractivity contribution is 5.76. The van der Waals surface area contributed by atoms with Gasteiger partial charge in [-0.2, -0.15) is 5.26 Å². The lowest BCUT2D eigenvalue weighted by Crippen LogP contribution is -2.33. The molecule has 1 N–H and O–H groups in total. The molecular weight excluding hydrogens is 314 g/mol. The highest BCUT2D eigenvalue weighted by Gasteiger charge is 2.16. The third-order valence-electron chi connectivity index (χ3n) is 3.76. The van der Waals surface area contributed by atoms with Crippen molar-refractivity contribution in [3.63, 3.8) is 0 Å². The Morgan fingerprint density at radius 1 is 1.12 bits per heavy atom. The van der Waals surface area contributed by atoms with Crippen molar-refractivity contribution in [2.45, 2.75) is 19.0 Å². The molecule has 0 saturated carbocycles. The van der Waals surface area contributed by atoms with Crippen molar-refractivity contribution in [2.24, 2.45) is 0 Å². The smallest absolute Gasteiger partial charge is 0.252 e. The number of carbonyl (C=O) groups excluding carboxylic acids is 1. The number of hydrogen-bond donors (Lipinski definition) is 1. The molecule has 0 fully saturated rings. The molecule has 3 aromatic rings. The zero-order valence-corrected chi connectivity index (χ0v) is 13.5. The number of nitrogens with zero attached hydrogens (tertiary/aromatic N) is 4. The first-order valence-corrected chi connectivity index (χ1v) is 7.92. The predicted molar refractivity (Wildman–Crippen MR) is 92.2 cm³/mol. The zero-order chi connectivity index (χ0) is 17.5. The largest absolute Gasteiger partial charge is 0.347 e. The van der Waals surface area contributed by atoms with E-state index in [0.717, 1.165) is 11.1 Å². The van der Waals surface area contributed by atoms with E-state index in [2.05, 4.69) is 15.4 Å². The van der Waals surface area contributed by atoms with Crippen molar-refractivity contribution >= 4 is 5.91 Å². The average Bonchev–Trinajstić information content (AvgIpc) is 3.10. The van der Waals surface area contributed by atoms with Crippen molar-refractivity contribution in [1.29, 1.82) is 5.26 Å². The van der Waals surface area contributed by atoms with Gasteiger partial charge in [-0.15, -0.1) is 5.10 Å². The molecule has 0 aliphatic rings. The molecule has 1 atom stereocenters. The molecule has 0 aliphatic carbocycles. The Hall–Kier alpha value is -3.46. The van der Waals surface area contributed by atoms with E-state index in [0.29, 0.717) is 6.42 Å². The minimum Gasteiger partial charge on any atom is -0.347 e. The molecule has 0 aliphatic heterocycles. The van der Waals surface area contributed by atoms with Crippen LogP contribution in [0.15, 0.2) is 67.0 Å². The molecule has 0 bridgehead atoms. The summed E-state index contributed by atoms with van der Waals surface area (Å²) in [5.74, 6) is -0.129. The summed E-state index contributed by atoms with van der Waals surface area (Å²) in [7, 11) is 0. The Bertz CT molecular complexity index is 868. The summed E-state index contributed by atoms with van der Waals surface area (Å²) in [6.07, 6.45) is 2.07. The molecule has 0 saturated heterocycles. The summed E-state index contributed by atoms with van der Waals surface area (Å²) in [6, 6.07) is 21.6. The van der Waals surface area contributed by atoms with Crippen LogP contribution in [0.3, 0.4) is 0 Å². The van der Waals surface area contributed by atoms with Gasteiger partial charge in [0.15, 0.2) is 0 Å². The van der Waals surface area contributed by atoms with Gasteiger partial charge in [0.1, 0.15) is 18.9 Å². The van der Waals surface area contributed by atoms with Crippen molar-refractivity contribution in [1.82, 2.24) is 20.1 Å². The first-order valence-electron chi connectivity index (χ1n) is 7.92. The molecule has 124 valence electrons. The molecule has 0 unspecified atom stereocenters. The number of nitrogens with one attached hydrogen (secondary N) is 1. The summed E-state index contributed by atoms with van der Waals surface area (Å²) in [6.45, 7) is 0.0206. The van der Waals surface area contributed by atoms with Gasteiger partial charge in [-0.1, -0.05) is 60.7 Å². The molecule has 6 heteroatoms. The van der Waals surface area contributed by atoms with Crippen LogP contribution in [0.25, 0.3) is 0 Å². The third kappa shape index (κ3) is 4.52. The number of aromatic nitrogens is 3. The first-order chi connectivity index (χ1) is 12.2. The number of amides is 1. The van der Waals surface area contributed by atoms with E-state index < -0.39 is 0 Å². The summed E-state index contributed by atoms with van der Waals surface area (Å²) < 4.78 is 1.36. The Kier molecular flexibility index (Phi) is 5.17. The maximum absolute atomic E-state index is 12.4. The third-order valence-corrected chi connectivity index (χ3v) is 3.76. The maximum Gasteiger partial charge on any atom is 0.252 e. The number of rotatable bonds is 6. The van der Waals surface area contributed by atoms with Crippen molar-refractivity contribution in [3.8, 4) is 6.07 Å². The Labute approximate surface area is 145 Å². The van der Waals surface area contributed by atoms with Gasteiger partial charge in [-0.05, 0) is 17.5 Å². The second-order valence-corrected chi connectivity index (χ2v) is 5.60.